The second-order valence-corrected chi connectivity index (χ2v) is 3.47. The number of hydrogen-bond acceptors (Lipinski definition) is 2. The van der Waals surface area contributed by atoms with Crippen molar-refractivity contribution >= 4 is 0 Å². The van der Waals surface area contributed by atoms with E-state index < -0.39 is 12.0 Å². The molecule has 0 aromatic heterocycles. The van der Waals surface area contributed by atoms with Crippen LogP contribution >= 0.6 is 0 Å². The molecular formula is C8H15F2NO. The van der Waals surface area contributed by atoms with E-state index in [1.807, 2.05) is 7.05 Å². The smallest absolute Gasteiger partial charge is 0.266 e. The van der Waals surface area contributed by atoms with Crippen LogP contribution in [0.25, 0.3) is 0 Å². The van der Waals surface area contributed by atoms with Gasteiger partial charge < -0.3 is 10.4 Å². The maximum absolute atomic E-state index is 12.3. The largest absolute Gasteiger partial charge is 0.384 e. The van der Waals surface area contributed by atoms with E-state index in [-0.39, 0.29) is 12.8 Å². The van der Waals surface area contributed by atoms with Gasteiger partial charge in [-0.05, 0) is 32.7 Å². The van der Waals surface area contributed by atoms with Crippen LogP contribution in [0.5, 0.6) is 0 Å². The second-order valence-electron chi connectivity index (χ2n) is 3.47. The van der Waals surface area contributed by atoms with Crippen molar-refractivity contribution in [3.05, 3.63) is 0 Å². The summed E-state index contributed by atoms with van der Waals surface area (Å²) in [5.41, 5.74) is -1.71. The van der Waals surface area contributed by atoms with Gasteiger partial charge in [-0.15, -0.1) is 0 Å². The molecule has 1 fully saturated rings. The van der Waals surface area contributed by atoms with E-state index in [1.54, 1.807) is 0 Å². The molecule has 1 aliphatic rings. The van der Waals surface area contributed by atoms with Gasteiger partial charge in [0.05, 0.1) is 0 Å². The van der Waals surface area contributed by atoms with Gasteiger partial charge in [-0.3, -0.25) is 0 Å². The van der Waals surface area contributed by atoms with Gasteiger partial charge in [0.2, 0.25) is 0 Å². The number of alkyl halides is 2. The summed E-state index contributed by atoms with van der Waals surface area (Å²) >= 11 is 0. The summed E-state index contributed by atoms with van der Waals surface area (Å²) in [5, 5.41) is 12.4. The van der Waals surface area contributed by atoms with E-state index in [0.717, 1.165) is 0 Å². The van der Waals surface area contributed by atoms with E-state index in [9.17, 15) is 13.9 Å². The van der Waals surface area contributed by atoms with Crippen molar-refractivity contribution in [2.75, 3.05) is 7.05 Å². The van der Waals surface area contributed by atoms with Crippen LogP contribution in [0.2, 0.25) is 0 Å². The van der Waals surface area contributed by atoms with Crippen molar-refractivity contribution in [3.8, 4) is 0 Å². The number of halogens is 2. The summed E-state index contributed by atoms with van der Waals surface area (Å²) in [6.45, 7) is 0. The highest BCUT2D eigenvalue weighted by Gasteiger charge is 2.40. The Morgan fingerprint density at radius 2 is 1.92 bits per heavy atom. The second kappa shape index (κ2) is 3.66. The number of aliphatic hydroxyl groups is 1. The standard InChI is InChI=1S/C8H15F2NO/c1-11-6-2-4-8(12,5-3-6)7(9)10/h6-7,11-12H,2-5H2,1H3. The van der Waals surface area contributed by atoms with E-state index in [1.165, 1.54) is 0 Å². The minimum Gasteiger partial charge on any atom is -0.384 e. The minimum absolute atomic E-state index is 0.205. The van der Waals surface area contributed by atoms with Crippen LogP contribution in [-0.4, -0.2) is 30.2 Å². The molecule has 2 N–H and O–H groups in total. The van der Waals surface area contributed by atoms with Crippen LogP contribution in [0.1, 0.15) is 25.7 Å². The van der Waals surface area contributed by atoms with E-state index >= 15 is 0 Å². The summed E-state index contributed by atoms with van der Waals surface area (Å²) < 4.78 is 24.5. The fraction of sp³-hybridized carbons (Fsp3) is 1.00. The lowest BCUT2D eigenvalue weighted by Crippen LogP contribution is -2.44. The molecule has 0 saturated heterocycles. The van der Waals surface area contributed by atoms with E-state index in [2.05, 4.69) is 5.32 Å². The highest BCUT2D eigenvalue weighted by Crippen LogP contribution is 2.33. The molecule has 0 bridgehead atoms. The SMILES string of the molecule is CNC1CCC(O)(C(F)F)CC1. The van der Waals surface area contributed by atoms with Gasteiger partial charge in [0, 0.05) is 6.04 Å². The van der Waals surface area contributed by atoms with Crippen LogP contribution in [0.15, 0.2) is 0 Å². The molecule has 0 aromatic rings. The zero-order valence-electron chi connectivity index (χ0n) is 7.19. The molecule has 1 rings (SSSR count). The molecule has 1 aliphatic carbocycles. The fourth-order valence-electron chi connectivity index (χ4n) is 1.62. The van der Waals surface area contributed by atoms with Gasteiger partial charge in [-0.2, -0.15) is 0 Å². The molecule has 0 unspecified atom stereocenters. The molecule has 0 amide bonds. The molecule has 4 heteroatoms. The Bertz CT molecular complexity index is 144. The molecule has 0 spiro atoms. The first-order chi connectivity index (χ1) is 5.58. The summed E-state index contributed by atoms with van der Waals surface area (Å²) in [6, 6.07) is 0.295. The monoisotopic (exact) mass is 179 g/mol. The molecule has 0 radical (unpaired) electrons. The van der Waals surface area contributed by atoms with Crippen molar-refractivity contribution in [2.24, 2.45) is 0 Å². The van der Waals surface area contributed by atoms with Gasteiger partial charge in [0.25, 0.3) is 6.43 Å². The lowest BCUT2D eigenvalue weighted by Gasteiger charge is -2.35. The molecule has 1 saturated carbocycles. The fourth-order valence-corrected chi connectivity index (χ4v) is 1.62. The predicted molar refractivity (Wildman–Crippen MR) is 42.3 cm³/mol. The Morgan fingerprint density at radius 1 is 1.42 bits per heavy atom. The molecule has 0 aliphatic heterocycles. The summed E-state index contributed by atoms with van der Waals surface area (Å²) in [6.07, 6.45) is -0.920. The van der Waals surface area contributed by atoms with Gasteiger partial charge in [0.15, 0.2) is 0 Å². The molecule has 2 nitrogen and oxygen atoms in total. The van der Waals surface area contributed by atoms with Crippen molar-refractivity contribution in [2.45, 2.75) is 43.8 Å². The number of nitrogens with one attached hydrogen (secondary N) is 1. The summed E-state index contributed by atoms with van der Waals surface area (Å²) in [4.78, 5) is 0. The van der Waals surface area contributed by atoms with Crippen LogP contribution in [0.3, 0.4) is 0 Å². The highest BCUT2D eigenvalue weighted by atomic mass is 19.3. The zero-order valence-corrected chi connectivity index (χ0v) is 7.19. The predicted octanol–water partition coefficient (Wildman–Crippen LogP) is 1.14. The van der Waals surface area contributed by atoms with Gasteiger partial charge in [0.1, 0.15) is 5.60 Å². The van der Waals surface area contributed by atoms with Crippen LogP contribution in [0, 0.1) is 0 Å². The first-order valence-electron chi connectivity index (χ1n) is 4.26. The Morgan fingerprint density at radius 3 is 2.25 bits per heavy atom. The first-order valence-corrected chi connectivity index (χ1v) is 4.26. The highest BCUT2D eigenvalue weighted by molar-refractivity contribution is 4.89. The Balaban J connectivity index is 2.44. The minimum atomic E-state index is -2.60. The van der Waals surface area contributed by atoms with Crippen molar-refractivity contribution < 1.29 is 13.9 Å². The molecule has 0 atom stereocenters. The van der Waals surface area contributed by atoms with E-state index in [0.29, 0.717) is 18.9 Å². The van der Waals surface area contributed by atoms with Crippen molar-refractivity contribution in [1.82, 2.24) is 5.32 Å². The first kappa shape index (κ1) is 9.86. The number of hydrogen-bond donors (Lipinski definition) is 2. The van der Waals surface area contributed by atoms with Crippen LogP contribution in [0.4, 0.5) is 8.78 Å². The average molecular weight is 179 g/mol. The summed E-state index contributed by atoms with van der Waals surface area (Å²) in [7, 11) is 1.82. The van der Waals surface area contributed by atoms with Gasteiger partial charge in [-0.1, -0.05) is 0 Å². The molecule has 12 heavy (non-hydrogen) atoms. The maximum atomic E-state index is 12.3. The van der Waals surface area contributed by atoms with Crippen LogP contribution < -0.4 is 5.32 Å². The lowest BCUT2D eigenvalue weighted by atomic mass is 9.82. The third-order valence-electron chi connectivity index (χ3n) is 2.67. The van der Waals surface area contributed by atoms with Gasteiger partial charge >= 0.3 is 0 Å². The summed E-state index contributed by atoms with van der Waals surface area (Å²) in [5.74, 6) is 0. The molecular weight excluding hydrogens is 164 g/mol. The normalized spacial score (nSPS) is 37.2. The third kappa shape index (κ3) is 1.93. The topological polar surface area (TPSA) is 32.3 Å². The lowest BCUT2D eigenvalue weighted by molar-refractivity contribution is -0.119. The quantitative estimate of drug-likeness (QED) is 0.666. The van der Waals surface area contributed by atoms with Crippen molar-refractivity contribution in [3.63, 3.8) is 0 Å². The number of rotatable bonds is 2. The van der Waals surface area contributed by atoms with Crippen molar-refractivity contribution in [1.29, 1.82) is 0 Å². The molecule has 0 aromatic carbocycles. The third-order valence-corrected chi connectivity index (χ3v) is 2.67. The maximum Gasteiger partial charge on any atom is 0.266 e. The van der Waals surface area contributed by atoms with Crippen LogP contribution in [-0.2, 0) is 0 Å². The zero-order chi connectivity index (χ0) is 9.19. The Kier molecular flexibility index (Phi) is 3.01. The molecule has 72 valence electrons. The van der Waals surface area contributed by atoms with E-state index in [4.69, 9.17) is 0 Å². The molecule has 0 heterocycles. The Labute approximate surface area is 71.0 Å². The Hall–Kier alpha value is -0.220. The average Bonchev–Trinajstić information content (AvgIpc) is 2.06. The van der Waals surface area contributed by atoms with Gasteiger partial charge in [-0.25, -0.2) is 8.78 Å².